The predicted molar refractivity (Wildman–Crippen MR) is 182 cm³/mol. The van der Waals surface area contributed by atoms with E-state index in [0.29, 0.717) is 5.82 Å². The lowest BCUT2D eigenvalue weighted by atomic mass is 9.77. The first-order chi connectivity index (χ1) is 21.9. The number of aromatic nitrogens is 2. The SMILES string of the molecule is COc1ccc(C(Nc2ccn([C@@H]3O[C@H](CO[Si](C)(C)C(C)(C)C)C(O)[C@@H]3OC)c(=O)n2)(c2ccccc2)c2ccccc2)cc1. The average Bonchev–Trinajstić information content (AvgIpc) is 3.37. The van der Waals surface area contributed by atoms with E-state index in [-0.39, 0.29) is 11.6 Å². The first kappa shape index (κ1) is 33.6. The number of hydrogen-bond donors (Lipinski definition) is 2. The summed E-state index contributed by atoms with van der Waals surface area (Å²) >= 11 is 0. The zero-order valence-electron chi connectivity index (χ0n) is 27.6. The summed E-state index contributed by atoms with van der Waals surface area (Å²) in [5.74, 6) is 1.11. The van der Waals surface area contributed by atoms with Gasteiger partial charge in [-0.05, 0) is 53.0 Å². The molecule has 3 aromatic carbocycles. The van der Waals surface area contributed by atoms with Crippen molar-refractivity contribution in [2.45, 2.75) is 69.0 Å². The molecule has 5 rings (SSSR count). The summed E-state index contributed by atoms with van der Waals surface area (Å²) in [6.45, 7) is 11.0. The molecule has 0 amide bonds. The minimum absolute atomic E-state index is 0.000838. The van der Waals surface area contributed by atoms with Gasteiger partial charge in [0.25, 0.3) is 0 Å². The van der Waals surface area contributed by atoms with Crippen molar-refractivity contribution in [3.05, 3.63) is 124 Å². The van der Waals surface area contributed by atoms with E-state index in [0.717, 1.165) is 22.4 Å². The first-order valence-electron chi connectivity index (χ1n) is 15.5. The second kappa shape index (κ2) is 13.5. The highest BCUT2D eigenvalue weighted by Crippen LogP contribution is 2.41. The molecule has 1 fully saturated rings. The summed E-state index contributed by atoms with van der Waals surface area (Å²) in [7, 11) is 1.04. The van der Waals surface area contributed by atoms with Gasteiger partial charge in [0.15, 0.2) is 14.5 Å². The third-order valence-corrected chi connectivity index (χ3v) is 13.9. The number of anilines is 1. The second-order valence-corrected chi connectivity index (χ2v) is 18.0. The standard InChI is InChI=1S/C36H45N3O6Si/c1-35(2,3)46(6,7)44-24-29-31(40)32(43-5)33(45-29)39-23-22-30(37-34(39)41)38-36(25-14-10-8-11-15-25,26-16-12-9-13-17-26)27-18-20-28(42-4)21-19-27/h8-23,29,31-33,40H,24H2,1-7H3,(H,37,38,41)/t29-,31?,32+,33-/m1/s1. The summed E-state index contributed by atoms with van der Waals surface area (Å²) in [5.41, 5.74) is 1.41. The van der Waals surface area contributed by atoms with Gasteiger partial charge in [-0.15, -0.1) is 0 Å². The summed E-state index contributed by atoms with van der Waals surface area (Å²) in [6.07, 6.45) is -1.67. The number of aliphatic hydroxyl groups is 1. The Kier molecular flexibility index (Phi) is 9.85. The van der Waals surface area contributed by atoms with E-state index in [2.05, 4.69) is 68.4 Å². The molecule has 46 heavy (non-hydrogen) atoms. The van der Waals surface area contributed by atoms with Gasteiger partial charge in [-0.2, -0.15) is 4.98 Å². The van der Waals surface area contributed by atoms with Gasteiger partial charge in [0.1, 0.15) is 35.4 Å². The van der Waals surface area contributed by atoms with Gasteiger partial charge in [0.05, 0.1) is 13.7 Å². The van der Waals surface area contributed by atoms with E-state index < -0.39 is 44.1 Å². The lowest BCUT2D eigenvalue weighted by molar-refractivity contribution is -0.0612. The van der Waals surface area contributed by atoms with Gasteiger partial charge >= 0.3 is 5.69 Å². The molecule has 244 valence electrons. The van der Waals surface area contributed by atoms with Crippen LogP contribution in [0.2, 0.25) is 18.1 Å². The molecular formula is C36H45N3O6Si. The van der Waals surface area contributed by atoms with Gasteiger partial charge < -0.3 is 29.1 Å². The number of nitrogens with zero attached hydrogens (tertiary/aromatic N) is 2. The van der Waals surface area contributed by atoms with Crippen molar-refractivity contribution in [1.29, 1.82) is 0 Å². The number of nitrogens with one attached hydrogen (secondary N) is 1. The highest BCUT2D eigenvalue weighted by atomic mass is 28.4. The van der Waals surface area contributed by atoms with Gasteiger partial charge in [-0.3, -0.25) is 4.57 Å². The topological polar surface area (TPSA) is 104 Å². The Hall–Kier alpha value is -3.80. The Morgan fingerprint density at radius 3 is 1.96 bits per heavy atom. The Morgan fingerprint density at radius 1 is 0.891 bits per heavy atom. The highest BCUT2D eigenvalue weighted by Gasteiger charge is 2.47. The van der Waals surface area contributed by atoms with Crippen LogP contribution in [0.4, 0.5) is 5.82 Å². The highest BCUT2D eigenvalue weighted by molar-refractivity contribution is 6.74. The quantitative estimate of drug-likeness (QED) is 0.153. The van der Waals surface area contributed by atoms with Crippen LogP contribution in [0.3, 0.4) is 0 Å². The van der Waals surface area contributed by atoms with Crippen LogP contribution in [0.25, 0.3) is 0 Å². The number of ether oxygens (including phenoxy) is 3. The van der Waals surface area contributed by atoms with Crippen LogP contribution in [0.1, 0.15) is 43.7 Å². The molecule has 1 unspecified atom stereocenters. The van der Waals surface area contributed by atoms with Gasteiger partial charge in [0.2, 0.25) is 0 Å². The van der Waals surface area contributed by atoms with Crippen LogP contribution >= 0.6 is 0 Å². The number of benzene rings is 3. The van der Waals surface area contributed by atoms with Crippen molar-refractivity contribution < 1.29 is 23.7 Å². The Morgan fingerprint density at radius 2 is 1.46 bits per heavy atom. The Labute approximate surface area is 272 Å². The van der Waals surface area contributed by atoms with Crippen LogP contribution in [-0.2, 0) is 19.4 Å². The van der Waals surface area contributed by atoms with Gasteiger partial charge in [-0.1, -0.05) is 93.6 Å². The number of hydrogen-bond acceptors (Lipinski definition) is 8. The van der Waals surface area contributed by atoms with E-state index in [9.17, 15) is 9.90 Å². The summed E-state index contributed by atoms with van der Waals surface area (Å²) in [6, 6.07) is 29.7. The lowest BCUT2D eigenvalue weighted by Gasteiger charge is -2.37. The first-order valence-corrected chi connectivity index (χ1v) is 18.5. The molecule has 9 nitrogen and oxygen atoms in total. The van der Waals surface area contributed by atoms with Crippen LogP contribution in [0.5, 0.6) is 5.75 Å². The minimum atomic E-state index is -2.09. The van der Waals surface area contributed by atoms with Gasteiger partial charge in [-0.25, -0.2) is 4.79 Å². The summed E-state index contributed by atoms with van der Waals surface area (Å²) in [4.78, 5) is 18.2. The Balaban J connectivity index is 1.50. The summed E-state index contributed by atoms with van der Waals surface area (Å²) < 4.78 is 25.0. The van der Waals surface area contributed by atoms with E-state index >= 15 is 0 Å². The molecule has 1 saturated heterocycles. The summed E-state index contributed by atoms with van der Waals surface area (Å²) in [5, 5.41) is 14.8. The fourth-order valence-electron chi connectivity index (χ4n) is 5.64. The molecule has 4 atom stereocenters. The average molecular weight is 644 g/mol. The second-order valence-electron chi connectivity index (χ2n) is 13.2. The molecule has 0 saturated carbocycles. The fourth-order valence-corrected chi connectivity index (χ4v) is 6.66. The molecule has 10 heteroatoms. The number of methoxy groups -OCH3 is 2. The molecule has 0 spiro atoms. The van der Waals surface area contributed by atoms with Crippen molar-refractivity contribution in [2.75, 3.05) is 26.1 Å². The molecule has 1 aliphatic heterocycles. The normalized spacial score (nSPS) is 20.4. The maximum absolute atomic E-state index is 13.7. The monoisotopic (exact) mass is 643 g/mol. The minimum Gasteiger partial charge on any atom is -0.497 e. The van der Waals surface area contributed by atoms with E-state index in [4.69, 9.17) is 18.6 Å². The molecule has 2 N–H and O–H groups in total. The van der Waals surface area contributed by atoms with Crippen LogP contribution in [0.15, 0.2) is 102 Å². The van der Waals surface area contributed by atoms with E-state index in [1.54, 1.807) is 19.4 Å². The third-order valence-electron chi connectivity index (χ3n) is 9.36. The van der Waals surface area contributed by atoms with Crippen molar-refractivity contribution in [3.63, 3.8) is 0 Å². The molecule has 2 heterocycles. The van der Waals surface area contributed by atoms with Crippen LogP contribution in [0, 0.1) is 0 Å². The maximum atomic E-state index is 13.7. The van der Waals surface area contributed by atoms with Crippen molar-refractivity contribution in [3.8, 4) is 5.75 Å². The number of rotatable bonds is 11. The number of aliphatic hydroxyl groups excluding tert-OH is 1. The van der Waals surface area contributed by atoms with Gasteiger partial charge in [0, 0.05) is 13.3 Å². The van der Waals surface area contributed by atoms with Crippen molar-refractivity contribution in [1.82, 2.24) is 9.55 Å². The largest absolute Gasteiger partial charge is 0.497 e. The zero-order valence-corrected chi connectivity index (χ0v) is 28.6. The smallest absolute Gasteiger partial charge is 0.351 e. The molecule has 0 aliphatic carbocycles. The molecule has 4 aromatic rings. The van der Waals surface area contributed by atoms with Crippen LogP contribution in [-0.4, -0.2) is 62.1 Å². The molecular weight excluding hydrogens is 598 g/mol. The van der Waals surface area contributed by atoms with Crippen LogP contribution < -0.4 is 15.7 Å². The molecule has 0 bridgehead atoms. The zero-order chi connectivity index (χ0) is 33.1. The van der Waals surface area contributed by atoms with E-state index in [1.807, 2.05) is 60.7 Å². The lowest BCUT2D eigenvalue weighted by Crippen LogP contribution is -2.44. The predicted octanol–water partition coefficient (Wildman–Crippen LogP) is 5.95. The fraction of sp³-hybridized carbons (Fsp3) is 0.389. The molecule has 1 aliphatic rings. The van der Waals surface area contributed by atoms with Crippen molar-refractivity contribution >= 4 is 14.1 Å². The molecule has 0 radical (unpaired) electrons. The third kappa shape index (κ3) is 6.54. The van der Waals surface area contributed by atoms with Crippen molar-refractivity contribution in [2.24, 2.45) is 0 Å². The maximum Gasteiger partial charge on any atom is 0.351 e. The van der Waals surface area contributed by atoms with E-state index in [1.165, 1.54) is 11.7 Å². The molecule has 1 aromatic heterocycles. The Bertz CT molecular complexity index is 1600.